The number of aromatic nitrogens is 2. The minimum atomic E-state index is -0.235. The number of nitrogens with one attached hydrogen (secondary N) is 1. The van der Waals surface area contributed by atoms with Crippen molar-refractivity contribution in [1.29, 1.82) is 0 Å². The molecular formula is C24H14Cl2N4OS. The summed E-state index contributed by atoms with van der Waals surface area (Å²) in [5, 5.41) is 4.01. The van der Waals surface area contributed by atoms with Gasteiger partial charge in [-0.15, -0.1) is 0 Å². The molecule has 1 aromatic heterocycles. The third kappa shape index (κ3) is 4.25. The molecule has 5 nitrogen and oxygen atoms in total. The van der Waals surface area contributed by atoms with Crippen LogP contribution in [0.4, 0.5) is 5.69 Å². The van der Waals surface area contributed by atoms with Crippen molar-refractivity contribution in [1.82, 2.24) is 15.3 Å². The first-order chi connectivity index (χ1) is 15.6. The Hall–Kier alpha value is -3.19. The molecular weight excluding hydrogens is 463 g/mol. The van der Waals surface area contributed by atoms with Crippen LogP contribution in [0.2, 0.25) is 10.0 Å². The third-order valence-electron chi connectivity index (χ3n) is 4.74. The Balaban J connectivity index is 1.46. The van der Waals surface area contributed by atoms with Gasteiger partial charge >= 0.3 is 0 Å². The predicted octanol–water partition coefficient (Wildman–Crippen LogP) is 6.50. The summed E-state index contributed by atoms with van der Waals surface area (Å²) in [7, 11) is 0. The van der Waals surface area contributed by atoms with Gasteiger partial charge in [-0.3, -0.25) is 9.78 Å². The number of para-hydroxylation sites is 1. The molecule has 5 rings (SSSR count). The summed E-state index contributed by atoms with van der Waals surface area (Å²) >= 11 is 13.6. The van der Waals surface area contributed by atoms with Gasteiger partial charge in [-0.05, 0) is 47.7 Å². The smallest absolute Gasteiger partial charge is 0.264 e. The summed E-state index contributed by atoms with van der Waals surface area (Å²) in [5.74, 6) is -0.235. The maximum absolute atomic E-state index is 12.5. The SMILES string of the molecule is O=C1NC(=Nc2c(Cl)cccc2Cl)SC1=Cc1ccc2ncc(-c3ccccc3)nc2c1. The first-order valence-corrected chi connectivity index (χ1v) is 11.2. The van der Waals surface area contributed by atoms with Crippen molar-refractivity contribution in [3.05, 3.63) is 93.4 Å². The molecule has 0 aliphatic carbocycles. The van der Waals surface area contributed by atoms with Crippen LogP contribution in [0, 0.1) is 0 Å². The molecule has 0 bridgehead atoms. The minimum Gasteiger partial charge on any atom is -0.300 e. The highest BCUT2D eigenvalue weighted by Crippen LogP contribution is 2.35. The fourth-order valence-electron chi connectivity index (χ4n) is 3.20. The maximum Gasteiger partial charge on any atom is 0.264 e. The number of fused-ring (bicyclic) bond motifs is 1. The van der Waals surface area contributed by atoms with Crippen LogP contribution < -0.4 is 5.32 Å². The van der Waals surface area contributed by atoms with Gasteiger partial charge < -0.3 is 5.32 Å². The van der Waals surface area contributed by atoms with Crippen LogP contribution in [0.3, 0.4) is 0 Å². The minimum absolute atomic E-state index is 0.235. The number of carbonyl (C=O) groups is 1. The standard InChI is InChI=1S/C24H14Cl2N4OS/c25-16-7-4-8-17(26)22(16)29-24-30-23(31)21(32-24)12-14-9-10-18-19(11-14)28-20(13-27-18)15-5-2-1-3-6-15/h1-13H,(H,29,30,31). The molecule has 1 aliphatic heterocycles. The Bertz CT molecular complexity index is 1400. The van der Waals surface area contributed by atoms with E-state index in [9.17, 15) is 4.79 Å². The zero-order chi connectivity index (χ0) is 22.1. The second kappa shape index (κ2) is 8.74. The molecule has 1 aliphatic rings. The zero-order valence-corrected chi connectivity index (χ0v) is 18.7. The van der Waals surface area contributed by atoms with Crippen LogP contribution in [0.1, 0.15) is 5.56 Å². The fourth-order valence-corrected chi connectivity index (χ4v) is 4.51. The van der Waals surface area contributed by atoms with E-state index < -0.39 is 0 Å². The van der Waals surface area contributed by atoms with Crippen molar-refractivity contribution in [2.24, 2.45) is 4.99 Å². The number of hydrogen-bond donors (Lipinski definition) is 1. The van der Waals surface area contributed by atoms with Gasteiger partial charge in [0.1, 0.15) is 5.69 Å². The number of carbonyl (C=O) groups excluding carboxylic acids is 1. The van der Waals surface area contributed by atoms with Crippen LogP contribution in [0.15, 0.2) is 82.8 Å². The van der Waals surface area contributed by atoms with Crippen molar-refractivity contribution in [2.45, 2.75) is 0 Å². The Labute approximate surface area is 198 Å². The van der Waals surface area contributed by atoms with E-state index in [1.54, 1.807) is 30.5 Å². The quantitative estimate of drug-likeness (QED) is 0.342. The monoisotopic (exact) mass is 476 g/mol. The van der Waals surface area contributed by atoms with Crippen molar-refractivity contribution in [3.8, 4) is 11.3 Å². The lowest BCUT2D eigenvalue weighted by atomic mass is 10.1. The molecule has 2 heterocycles. The average molecular weight is 477 g/mol. The summed E-state index contributed by atoms with van der Waals surface area (Å²) in [6.07, 6.45) is 3.56. The highest BCUT2D eigenvalue weighted by molar-refractivity contribution is 8.18. The number of aliphatic imine (C=N–C) groups is 1. The normalized spacial score (nSPS) is 16.1. The molecule has 0 atom stereocenters. The van der Waals surface area contributed by atoms with Crippen LogP contribution >= 0.6 is 35.0 Å². The number of rotatable bonds is 3. The number of thioether (sulfide) groups is 1. The van der Waals surface area contributed by atoms with Gasteiger partial charge in [0, 0.05) is 5.56 Å². The summed E-state index contributed by atoms with van der Waals surface area (Å²) in [6, 6.07) is 20.7. The van der Waals surface area contributed by atoms with E-state index in [0.717, 1.165) is 27.9 Å². The molecule has 1 amide bonds. The lowest BCUT2D eigenvalue weighted by Gasteiger charge is -2.04. The molecule has 3 aromatic carbocycles. The molecule has 1 N–H and O–H groups in total. The predicted molar refractivity (Wildman–Crippen MR) is 132 cm³/mol. The molecule has 0 unspecified atom stereocenters. The lowest BCUT2D eigenvalue weighted by molar-refractivity contribution is -0.115. The van der Waals surface area contributed by atoms with Crippen molar-refractivity contribution >= 4 is 68.8 Å². The van der Waals surface area contributed by atoms with Crippen LogP contribution in [0.5, 0.6) is 0 Å². The number of benzene rings is 3. The molecule has 32 heavy (non-hydrogen) atoms. The summed E-state index contributed by atoms with van der Waals surface area (Å²) < 4.78 is 0. The molecule has 4 aromatic rings. The lowest BCUT2D eigenvalue weighted by Crippen LogP contribution is -2.19. The van der Waals surface area contributed by atoms with Crippen molar-refractivity contribution in [3.63, 3.8) is 0 Å². The summed E-state index contributed by atoms with van der Waals surface area (Å²) in [6.45, 7) is 0. The molecule has 0 saturated carbocycles. The molecule has 1 saturated heterocycles. The van der Waals surface area contributed by atoms with E-state index in [2.05, 4.69) is 15.3 Å². The Morgan fingerprint density at radius 3 is 2.50 bits per heavy atom. The van der Waals surface area contributed by atoms with Gasteiger partial charge in [-0.2, -0.15) is 0 Å². The number of nitrogens with zero attached hydrogens (tertiary/aromatic N) is 3. The van der Waals surface area contributed by atoms with Crippen molar-refractivity contribution < 1.29 is 4.79 Å². The van der Waals surface area contributed by atoms with E-state index in [-0.39, 0.29) is 5.91 Å². The largest absolute Gasteiger partial charge is 0.300 e. The van der Waals surface area contributed by atoms with E-state index in [1.165, 1.54) is 11.8 Å². The molecule has 1 fully saturated rings. The van der Waals surface area contributed by atoms with Crippen LogP contribution in [-0.2, 0) is 4.79 Å². The van der Waals surface area contributed by atoms with Crippen molar-refractivity contribution in [2.75, 3.05) is 0 Å². The summed E-state index contributed by atoms with van der Waals surface area (Å²) in [5.41, 5.74) is 4.59. The third-order valence-corrected chi connectivity index (χ3v) is 6.26. The van der Waals surface area contributed by atoms with Gasteiger partial charge in [0.15, 0.2) is 5.17 Å². The number of halogens is 2. The first-order valence-electron chi connectivity index (χ1n) is 9.63. The maximum atomic E-state index is 12.5. The van der Waals surface area contributed by atoms with Crippen LogP contribution in [-0.4, -0.2) is 21.0 Å². The Morgan fingerprint density at radius 2 is 1.72 bits per heavy atom. The van der Waals surface area contributed by atoms with E-state index in [0.29, 0.717) is 25.8 Å². The van der Waals surface area contributed by atoms with Gasteiger partial charge in [-0.25, -0.2) is 9.98 Å². The average Bonchev–Trinajstić information content (AvgIpc) is 3.15. The molecule has 156 valence electrons. The molecule has 0 spiro atoms. The Morgan fingerprint density at radius 1 is 0.938 bits per heavy atom. The van der Waals surface area contributed by atoms with E-state index in [4.69, 9.17) is 28.2 Å². The van der Waals surface area contributed by atoms with Gasteiger partial charge in [0.2, 0.25) is 0 Å². The van der Waals surface area contributed by atoms with Gasteiger partial charge in [-0.1, -0.05) is 65.7 Å². The van der Waals surface area contributed by atoms with Crippen LogP contribution in [0.25, 0.3) is 28.4 Å². The fraction of sp³-hybridized carbons (Fsp3) is 0. The second-order valence-electron chi connectivity index (χ2n) is 6.92. The number of amides is 1. The number of hydrogen-bond acceptors (Lipinski definition) is 5. The Kier molecular flexibility index (Phi) is 5.66. The van der Waals surface area contributed by atoms with Gasteiger partial charge in [0.25, 0.3) is 5.91 Å². The highest BCUT2D eigenvalue weighted by atomic mass is 35.5. The molecule has 0 radical (unpaired) electrons. The van der Waals surface area contributed by atoms with E-state index >= 15 is 0 Å². The van der Waals surface area contributed by atoms with Gasteiger partial charge in [0.05, 0.1) is 37.9 Å². The highest BCUT2D eigenvalue weighted by Gasteiger charge is 2.24. The summed E-state index contributed by atoms with van der Waals surface area (Å²) in [4.78, 5) is 26.7. The second-order valence-corrected chi connectivity index (χ2v) is 8.77. The molecule has 8 heteroatoms. The zero-order valence-electron chi connectivity index (χ0n) is 16.4. The topological polar surface area (TPSA) is 67.2 Å². The van der Waals surface area contributed by atoms with E-state index in [1.807, 2.05) is 48.5 Å². The first kappa shape index (κ1) is 20.7. The number of amidine groups is 1.